The number of nitrogens with zero attached hydrogens (tertiary/aromatic N) is 1. The summed E-state index contributed by atoms with van der Waals surface area (Å²) in [6.07, 6.45) is 3.50. The Bertz CT molecular complexity index is 569. The van der Waals surface area contributed by atoms with Crippen LogP contribution in [0.2, 0.25) is 25.7 Å². The van der Waals surface area contributed by atoms with Crippen LogP contribution in [0.3, 0.4) is 0 Å². The predicted octanol–water partition coefficient (Wildman–Crippen LogP) is 4.48. The van der Waals surface area contributed by atoms with Crippen molar-refractivity contribution >= 4 is 14.0 Å². The van der Waals surface area contributed by atoms with Gasteiger partial charge >= 0.3 is 5.97 Å². The second-order valence-electron chi connectivity index (χ2n) is 8.65. The Morgan fingerprint density at radius 1 is 1.21 bits per heavy atom. The van der Waals surface area contributed by atoms with E-state index in [1.54, 1.807) is 0 Å². The van der Waals surface area contributed by atoms with Crippen molar-refractivity contribution in [1.82, 2.24) is 4.90 Å². The molecule has 1 aromatic rings. The summed E-state index contributed by atoms with van der Waals surface area (Å²) < 4.78 is 5.66. The number of ether oxygens (including phenoxy) is 1. The molecule has 4 heteroatoms. The fourth-order valence-electron chi connectivity index (χ4n) is 4.69. The van der Waals surface area contributed by atoms with Gasteiger partial charge in [-0.3, -0.25) is 9.69 Å². The highest BCUT2D eigenvalue weighted by molar-refractivity contribution is 6.76. The molecule has 2 aliphatic rings. The predicted molar refractivity (Wildman–Crippen MR) is 101 cm³/mol. The van der Waals surface area contributed by atoms with E-state index in [9.17, 15) is 4.79 Å². The van der Waals surface area contributed by atoms with E-state index in [2.05, 4.69) is 61.8 Å². The van der Waals surface area contributed by atoms with E-state index in [1.165, 1.54) is 24.4 Å². The van der Waals surface area contributed by atoms with Crippen LogP contribution < -0.4 is 0 Å². The lowest BCUT2D eigenvalue weighted by atomic mass is 9.98. The summed E-state index contributed by atoms with van der Waals surface area (Å²) in [7, 11) is -1.22. The molecule has 0 unspecified atom stereocenters. The van der Waals surface area contributed by atoms with E-state index in [-0.39, 0.29) is 18.1 Å². The summed E-state index contributed by atoms with van der Waals surface area (Å²) in [5.74, 6) is 0.483. The Morgan fingerprint density at radius 3 is 2.54 bits per heavy atom. The van der Waals surface area contributed by atoms with Crippen molar-refractivity contribution in [1.29, 1.82) is 0 Å². The summed E-state index contributed by atoms with van der Waals surface area (Å²) in [6.45, 7) is 9.98. The summed E-state index contributed by atoms with van der Waals surface area (Å²) in [5.41, 5.74) is 1.28. The number of rotatable bonds is 5. The summed E-state index contributed by atoms with van der Waals surface area (Å²) in [5, 5.41) is 0. The van der Waals surface area contributed by atoms with Gasteiger partial charge in [0.1, 0.15) is 12.6 Å². The smallest absolute Gasteiger partial charge is 0.323 e. The Balaban J connectivity index is 1.92. The maximum atomic E-state index is 12.7. The van der Waals surface area contributed by atoms with Gasteiger partial charge in [-0.05, 0) is 24.3 Å². The minimum absolute atomic E-state index is 0.0176. The molecular weight excluding hydrogens is 314 g/mol. The summed E-state index contributed by atoms with van der Waals surface area (Å²) in [4.78, 5) is 15.2. The highest BCUT2D eigenvalue weighted by atomic mass is 28.3. The minimum Gasteiger partial charge on any atom is -0.462 e. The van der Waals surface area contributed by atoms with Gasteiger partial charge in [0, 0.05) is 14.1 Å². The van der Waals surface area contributed by atoms with Crippen molar-refractivity contribution in [3.8, 4) is 0 Å². The third kappa shape index (κ3) is 3.59. The number of carbonyl (C=O) groups excluding carboxylic acids is 1. The molecule has 0 bridgehead atoms. The van der Waals surface area contributed by atoms with Gasteiger partial charge in [0.25, 0.3) is 0 Å². The van der Waals surface area contributed by atoms with E-state index in [4.69, 9.17) is 4.74 Å². The van der Waals surface area contributed by atoms with Crippen molar-refractivity contribution < 1.29 is 9.53 Å². The van der Waals surface area contributed by atoms with Gasteiger partial charge in [0.05, 0.1) is 6.04 Å². The number of cyclic esters (lactones) is 1. The zero-order chi connectivity index (χ0) is 17.3. The molecule has 2 fully saturated rings. The third-order valence-electron chi connectivity index (χ3n) is 5.43. The van der Waals surface area contributed by atoms with Crippen molar-refractivity contribution in [2.24, 2.45) is 5.92 Å². The van der Waals surface area contributed by atoms with Crippen molar-refractivity contribution in [2.45, 2.75) is 70.0 Å². The zero-order valence-electron chi connectivity index (χ0n) is 15.5. The van der Waals surface area contributed by atoms with Gasteiger partial charge in [-0.2, -0.15) is 0 Å². The molecule has 24 heavy (non-hydrogen) atoms. The van der Waals surface area contributed by atoms with Crippen LogP contribution in [0, 0.1) is 5.92 Å². The lowest BCUT2D eigenvalue weighted by Crippen LogP contribution is -2.52. The topological polar surface area (TPSA) is 29.5 Å². The third-order valence-corrected chi connectivity index (χ3v) is 7.18. The van der Waals surface area contributed by atoms with Crippen LogP contribution in [0.15, 0.2) is 30.3 Å². The molecular formula is C20H31NO2Si. The molecule has 0 aliphatic carbocycles. The maximum Gasteiger partial charge on any atom is 0.323 e. The number of carbonyl (C=O) groups is 1. The first-order valence-electron chi connectivity index (χ1n) is 9.39. The minimum atomic E-state index is -1.22. The van der Waals surface area contributed by atoms with Crippen molar-refractivity contribution in [3.63, 3.8) is 0 Å². The molecule has 0 spiro atoms. The lowest BCUT2D eigenvalue weighted by Gasteiger charge is -2.41. The fourth-order valence-corrected chi connectivity index (χ4v) is 6.65. The first kappa shape index (κ1) is 17.7. The van der Waals surface area contributed by atoms with Crippen molar-refractivity contribution in [2.75, 3.05) is 6.61 Å². The number of fused-ring (bicyclic) bond motifs is 1. The van der Waals surface area contributed by atoms with Gasteiger partial charge in [0.15, 0.2) is 0 Å². The Labute approximate surface area is 147 Å². The largest absolute Gasteiger partial charge is 0.462 e. The van der Waals surface area contributed by atoms with Crippen LogP contribution in [0.4, 0.5) is 0 Å². The highest BCUT2D eigenvalue weighted by Gasteiger charge is 2.52. The Hall–Kier alpha value is -1.13. The van der Waals surface area contributed by atoms with Gasteiger partial charge in [-0.25, -0.2) is 0 Å². The van der Waals surface area contributed by atoms with Gasteiger partial charge in [-0.15, -0.1) is 0 Å². The second kappa shape index (κ2) is 7.01. The van der Waals surface area contributed by atoms with Gasteiger partial charge in [0.2, 0.25) is 0 Å². The number of hydrogen-bond donors (Lipinski definition) is 0. The average Bonchev–Trinajstić information content (AvgIpc) is 2.86. The van der Waals surface area contributed by atoms with Crippen LogP contribution in [0.5, 0.6) is 0 Å². The summed E-state index contributed by atoms with van der Waals surface area (Å²) >= 11 is 0. The molecule has 0 aromatic heterocycles. The number of benzene rings is 1. The van der Waals surface area contributed by atoms with Crippen LogP contribution in [0.25, 0.3) is 0 Å². The average molecular weight is 346 g/mol. The number of esters is 1. The molecule has 0 amide bonds. The molecule has 0 radical (unpaired) electrons. The molecule has 132 valence electrons. The fraction of sp³-hybridized carbons (Fsp3) is 0.650. The molecule has 3 rings (SSSR count). The van der Waals surface area contributed by atoms with Crippen LogP contribution in [0.1, 0.15) is 37.8 Å². The number of hydrogen-bond acceptors (Lipinski definition) is 3. The zero-order valence-corrected chi connectivity index (χ0v) is 16.5. The van der Waals surface area contributed by atoms with Crippen molar-refractivity contribution in [3.05, 3.63) is 35.9 Å². The first-order valence-corrected chi connectivity index (χ1v) is 13.1. The highest BCUT2D eigenvalue weighted by Crippen LogP contribution is 2.45. The molecule has 1 aromatic carbocycles. The molecule has 0 saturated carbocycles. The Morgan fingerprint density at radius 2 is 1.92 bits per heavy atom. The number of morpholine rings is 1. The lowest BCUT2D eigenvalue weighted by molar-refractivity contribution is -0.163. The molecule has 2 saturated heterocycles. The van der Waals surface area contributed by atoms with E-state index < -0.39 is 8.07 Å². The Kier molecular flexibility index (Phi) is 5.16. The molecule has 2 heterocycles. The second-order valence-corrected chi connectivity index (χ2v) is 14.2. The van der Waals surface area contributed by atoms with Crippen LogP contribution >= 0.6 is 0 Å². The van der Waals surface area contributed by atoms with E-state index in [1.807, 2.05) is 0 Å². The van der Waals surface area contributed by atoms with Gasteiger partial charge < -0.3 is 4.74 Å². The molecule has 2 aliphatic heterocycles. The SMILES string of the molecule is CCC[C@@H]1C[C@H](C[Si](C)(C)C)[C@H]2C(=O)OC[C@H](c3ccccc3)N12. The van der Waals surface area contributed by atoms with Gasteiger partial charge in [-0.1, -0.05) is 69.4 Å². The standard InChI is InChI=1S/C20H31NO2Si/c1-5-9-17-12-16(14-24(2,3)4)19-20(22)23-13-18(21(17)19)15-10-7-6-8-11-15/h6-8,10-11,16-19H,5,9,12-14H2,1-4H3/t16-,17-,18-,19+/m1/s1. The summed E-state index contributed by atoms with van der Waals surface area (Å²) in [6, 6.07) is 12.5. The van der Waals surface area contributed by atoms with Crippen LogP contribution in [-0.4, -0.2) is 37.6 Å². The first-order chi connectivity index (χ1) is 11.4. The normalized spacial score (nSPS) is 30.9. The van der Waals surface area contributed by atoms with E-state index >= 15 is 0 Å². The molecule has 4 atom stereocenters. The van der Waals surface area contributed by atoms with E-state index in [0.717, 1.165) is 6.42 Å². The molecule has 0 N–H and O–H groups in total. The van der Waals surface area contributed by atoms with Crippen LogP contribution in [-0.2, 0) is 9.53 Å². The quantitative estimate of drug-likeness (QED) is 0.582. The maximum absolute atomic E-state index is 12.7. The molecule has 3 nitrogen and oxygen atoms in total. The van der Waals surface area contributed by atoms with E-state index in [0.29, 0.717) is 18.6 Å². The monoisotopic (exact) mass is 345 g/mol.